The minimum atomic E-state index is -0.0216. The summed E-state index contributed by atoms with van der Waals surface area (Å²) >= 11 is 0. The molecule has 1 amide bonds. The predicted molar refractivity (Wildman–Crippen MR) is 110 cm³/mol. The van der Waals surface area contributed by atoms with Gasteiger partial charge in [0.25, 0.3) is 0 Å². The number of rotatable bonds is 3. The van der Waals surface area contributed by atoms with Crippen LogP contribution in [0.1, 0.15) is 51.4 Å². The second-order valence-corrected chi connectivity index (χ2v) is 10.0. The molecule has 1 saturated heterocycles. The predicted octanol–water partition coefficient (Wildman–Crippen LogP) is 4.22. The van der Waals surface area contributed by atoms with Crippen LogP contribution in [0.3, 0.4) is 0 Å². The molecule has 0 spiro atoms. The molecule has 29 heavy (non-hydrogen) atoms. The number of benzene rings is 1. The molecule has 4 saturated carbocycles. The number of hydrogen-bond donors (Lipinski definition) is 0. The molecule has 5 aliphatic rings. The van der Waals surface area contributed by atoms with E-state index in [4.69, 9.17) is 4.74 Å². The molecule has 1 aliphatic heterocycles. The fraction of sp³-hybridized carbons (Fsp3) is 0.625. The van der Waals surface area contributed by atoms with Crippen LogP contribution in [-0.4, -0.2) is 40.0 Å². The average molecular weight is 392 g/mol. The van der Waals surface area contributed by atoms with E-state index in [1.54, 1.807) is 6.20 Å². The summed E-state index contributed by atoms with van der Waals surface area (Å²) in [6.07, 6.45) is 11.2. The minimum Gasteiger partial charge on any atom is -0.473 e. The molecule has 5 heteroatoms. The van der Waals surface area contributed by atoms with Crippen LogP contribution in [-0.2, 0) is 4.79 Å². The van der Waals surface area contributed by atoms with Crippen LogP contribution in [0, 0.1) is 23.2 Å². The Morgan fingerprint density at radius 1 is 0.966 bits per heavy atom. The van der Waals surface area contributed by atoms with E-state index in [9.17, 15) is 4.79 Å². The number of carbonyl (C=O) groups is 1. The molecule has 0 unspecified atom stereocenters. The van der Waals surface area contributed by atoms with Crippen LogP contribution < -0.4 is 4.74 Å². The van der Waals surface area contributed by atoms with E-state index in [-0.39, 0.29) is 11.5 Å². The summed E-state index contributed by atoms with van der Waals surface area (Å²) in [4.78, 5) is 24.7. The van der Waals surface area contributed by atoms with Crippen molar-refractivity contribution in [2.45, 2.75) is 57.5 Å². The van der Waals surface area contributed by atoms with E-state index in [1.807, 2.05) is 24.3 Å². The summed E-state index contributed by atoms with van der Waals surface area (Å²) in [7, 11) is 0. The number of amides is 1. The summed E-state index contributed by atoms with van der Waals surface area (Å²) < 4.78 is 6.13. The Kier molecular flexibility index (Phi) is 4.07. The molecular formula is C24H29N3O2. The molecule has 0 N–H and O–H groups in total. The summed E-state index contributed by atoms with van der Waals surface area (Å²) in [5.74, 6) is 3.50. The summed E-state index contributed by atoms with van der Waals surface area (Å²) in [6, 6.07) is 7.85. The first-order valence-corrected chi connectivity index (χ1v) is 11.3. The van der Waals surface area contributed by atoms with Crippen molar-refractivity contribution in [1.82, 2.24) is 14.9 Å². The zero-order chi connectivity index (χ0) is 19.4. The summed E-state index contributed by atoms with van der Waals surface area (Å²) in [5.41, 5.74) is 1.72. The Morgan fingerprint density at radius 2 is 1.59 bits per heavy atom. The highest BCUT2D eigenvalue weighted by molar-refractivity contribution is 5.83. The number of fused-ring (bicyclic) bond motifs is 1. The number of likely N-dealkylation sites (tertiary alicyclic amines) is 1. The van der Waals surface area contributed by atoms with Crippen molar-refractivity contribution in [2.24, 2.45) is 23.2 Å². The Balaban J connectivity index is 1.10. The van der Waals surface area contributed by atoms with Gasteiger partial charge < -0.3 is 9.64 Å². The monoisotopic (exact) mass is 391 g/mol. The van der Waals surface area contributed by atoms with Gasteiger partial charge in [-0.3, -0.25) is 4.79 Å². The third-order valence-electron chi connectivity index (χ3n) is 7.93. The highest BCUT2D eigenvalue weighted by Gasteiger charge is 2.55. The lowest BCUT2D eigenvalue weighted by Crippen LogP contribution is -2.56. The van der Waals surface area contributed by atoms with E-state index in [2.05, 4.69) is 14.9 Å². The SMILES string of the molecule is O=C(N1CCC(Oc2cnc3ccccc3n2)CC1)C12CC3CC(CC(C3)C1)C2. The Labute approximate surface area is 171 Å². The van der Waals surface area contributed by atoms with Crippen LogP contribution in [0.15, 0.2) is 30.5 Å². The van der Waals surface area contributed by atoms with Gasteiger partial charge in [0.1, 0.15) is 6.10 Å². The van der Waals surface area contributed by atoms with Gasteiger partial charge in [0.2, 0.25) is 11.8 Å². The van der Waals surface area contributed by atoms with Crippen molar-refractivity contribution in [3.05, 3.63) is 30.5 Å². The lowest BCUT2D eigenvalue weighted by molar-refractivity contribution is -0.159. The third kappa shape index (κ3) is 3.10. The first kappa shape index (κ1) is 17.7. The van der Waals surface area contributed by atoms with Gasteiger partial charge in [-0.25, -0.2) is 9.97 Å². The molecule has 5 nitrogen and oxygen atoms in total. The van der Waals surface area contributed by atoms with Crippen LogP contribution in [0.25, 0.3) is 11.0 Å². The molecule has 1 aromatic carbocycles. The molecule has 1 aromatic heterocycles. The Hall–Kier alpha value is -2.17. The van der Waals surface area contributed by atoms with Gasteiger partial charge in [-0.05, 0) is 68.4 Å². The number of aromatic nitrogens is 2. The first-order chi connectivity index (χ1) is 14.2. The minimum absolute atomic E-state index is 0.0216. The van der Waals surface area contributed by atoms with E-state index in [1.165, 1.54) is 19.3 Å². The highest BCUT2D eigenvalue weighted by Crippen LogP contribution is 2.60. The molecule has 2 aromatic rings. The summed E-state index contributed by atoms with van der Waals surface area (Å²) in [6.45, 7) is 1.62. The second-order valence-electron chi connectivity index (χ2n) is 10.0. The Morgan fingerprint density at radius 3 is 2.24 bits per heavy atom. The van der Waals surface area contributed by atoms with E-state index in [0.29, 0.717) is 11.8 Å². The van der Waals surface area contributed by atoms with Crippen molar-refractivity contribution in [2.75, 3.05) is 13.1 Å². The van der Waals surface area contributed by atoms with E-state index < -0.39 is 0 Å². The molecule has 152 valence electrons. The van der Waals surface area contributed by atoms with Gasteiger partial charge in [-0.15, -0.1) is 0 Å². The number of piperidine rings is 1. The maximum atomic E-state index is 13.5. The largest absolute Gasteiger partial charge is 0.473 e. The summed E-state index contributed by atoms with van der Waals surface area (Å²) in [5, 5.41) is 0. The molecule has 5 fully saturated rings. The first-order valence-electron chi connectivity index (χ1n) is 11.3. The van der Waals surface area contributed by atoms with Crippen LogP contribution in [0.4, 0.5) is 0 Å². The van der Waals surface area contributed by atoms with Crippen LogP contribution in [0.5, 0.6) is 5.88 Å². The third-order valence-corrected chi connectivity index (χ3v) is 7.93. The number of carbonyl (C=O) groups excluding carboxylic acids is 1. The zero-order valence-electron chi connectivity index (χ0n) is 16.9. The lowest BCUT2D eigenvalue weighted by Gasteiger charge is -2.57. The van der Waals surface area contributed by atoms with Crippen molar-refractivity contribution < 1.29 is 9.53 Å². The van der Waals surface area contributed by atoms with E-state index >= 15 is 0 Å². The van der Waals surface area contributed by atoms with Crippen LogP contribution >= 0.6 is 0 Å². The van der Waals surface area contributed by atoms with Gasteiger partial charge in [-0.2, -0.15) is 0 Å². The van der Waals surface area contributed by atoms with Gasteiger partial charge in [-0.1, -0.05) is 12.1 Å². The smallest absolute Gasteiger partial charge is 0.233 e. The van der Waals surface area contributed by atoms with Gasteiger partial charge in [0.15, 0.2) is 0 Å². The van der Waals surface area contributed by atoms with Crippen molar-refractivity contribution >= 4 is 16.9 Å². The molecule has 0 atom stereocenters. The fourth-order valence-electron chi connectivity index (χ4n) is 7.05. The quantitative estimate of drug-likeness (QED) is 0.786. The van der Waals surface area contributed by atoms with Gasteiger partial charge in [0.05, 0.1) is 22.6 Å². The number of para-hydroxylation sites is 2. The van der Waals surface area contributed by atoms with Gasteiger partial charge in [0, 0.05) is 25.9 Å². The molecule has 0 radical (unpaired) electrons. The highest BCUT2D eigenvalue weighted by atomic mass is 16.5. The Bertz CT molecular complexity index is 899. The maximum absolute atomic E-state index is 13.5. The number of nitrogens with zero attached hydrogens (tertiary/aromatic N) is 3. The fourth-order valence-corrected chi connectivity index (χ4v) is 7.05. The standard InChI is InChI=1S/C24H29N3O2/c28-23(24-12-16-9-17(13-24)11-18(10-16)14-24)27-7-5-19(6-8-27)29-22-15-25-20-3-1-2-4-21(20)26-22/h1-4,15-19H,5-14H2. The number of ether oxygens (including phenoxy) is 1. The van der Waals surface area contributed by atoms with E-state index in [0.717, 1.165) is 74.0 Å². The van der Waals surface area contributed by atoms with Crippen molar-refractivity contribution in [3.63, 3.8) is 0 Å². The molecule has 4 bridgehead atoms. The maximum Gasteiger partial charge on any atom is 0.233 e. The van der Waals surface area contributed by atoms with Crippen molar-refractivity contribution in [3.8, 4) is 5.88 Å². The average Bonchev–Trinajstić information content (AvgIpc) is 2.73. The molecular weight excluding hydrogens is 362 g/mol. The van der Waals surface area contributed by atoms with Crippen molar-refractivity contribution in [1.29, 1.82) is 0 Å². The normalized spacial score (nSPS) is 33.9. The number of hydrogen-bond acceptors (Lipinski definition) is 4. The van der Waals surface area contributed by atoms with Gasteiger partial charge >= 0.3 is 0 Å². The topological polar surface area (TPSA) is 55.3 Å². The zero-order valence-corrected chi connectivity index (χ0v) is 16.9. The molecule has 2 heterocycles. The second kappa shape index (κ2) is 6.68. The molecule has 4 aliphatic carbocycles. The van der Waals surface area contributed by atoms with Crippen LogP contribution in [0.2, 0.25) is 0 Å². The molecule has 7 rings (SSSR count). The lowest BCUT2D eigenvalue weighted by atomic mass is 9.49.